The van der Waals surface area contributed by atoms with E-state index >= 15 is 0 Å². The van der Waals surface area contributed by atoms with Crippen molar-refractivity contribution in [3.8, 4) is 0 Å². The van der Waals surface area contributed by atoms with E-state index in [4.69, 9.17) is 10.2 Å². The highest BCUT2D eigenvalue weighted by molar-refractivity contribution is 5.86. The number of hydrogen-bond donors (Lipinski definition) is 2. The van der Waals surface area contributed by atoms with Crippen molar-refractivity contribution in [3.05, 3.63) is 0 Å². The minimum Gasteiger partial charge on any atom is -0.393 e. The van der Waals surface area contributed by atoms with Crippen LogP contribution in [0.3, 0.4) is 0 Å². The zero-order valence-corrected chi connectivity index (χ0v) is 9.43. The van der Waals surface area contributed by atoms with E-state index in [1.54, 1.807) is 4.90 Å². The summed E-state index contributed by atoms with van der Waals surface area (Å²) >= 11 is 0. The van der Waals surface area contributed by atoms with E-state index in [9.17, 15) is 9.59 Å². The van der Waals surface area contributed by atoms with Crippen LogP contribution in [-0.2, 0) is 9.59 Å². The molecule has 16 heavy (non-hydrogen) atoms. The van der Waals surface area contributed by atoms with Crippen molar-refractivity contribution in [2.45, 2.75) is 18.9 Å². The zero-order chi connectivity index (χ0) is 12.1. The van der Waals surface area contributed by atoms with Crippen LogP contribution >= 0.6 is 0 Å². The maximum absolute atomic E-state index is 11.7. The van der Waals surface area contributed by atoms with Gasteiger partial charge in [0, 0.05) is 20.1 Å². The van der Waals surface area contributed by atoms with Gasteiger partial charge >= 0.3 is 0 Å². The van der Waals surface area contributed by atoms with E-state index < -0.39 is 18.6 Å². The van der Waals surface area contributed by atoms with Gasteiger partial charge in [-0.2, -0.15) is 0 Å². The first-order valence-corrected chi connectivity index (χ1v) is 5.38. The van der Waals surface area contributed by atoms with Gasteiger partial charge < -0.3 is 20.0 Å². The second-order valence-corrected chi connectivity index (χ2v) is 3.98. The Hall–Kier alpha value is -1.14. The number of likely N-dealkylation sites (tertiary alicyclic amines) is 1. The van der Waals surface area contributed by atoms with Crippen LogP contribution in [0.1, 0.15) is 12.8 Å². The van der Waals surface area contributed by atoms with Gasteiger partial charge in [-0.3, -0.25) is 9.59 Å². The average molecular weight is 230 g/mol. The first kappa shape index (κ1) is 12.9. The van der Waals surface area contributed by atoms with Crippen LogP contribution in [0.4, 0.5) is 0 Å². The zero-order valence-electron chi connectivity index (χ0n) is 9.43. The number of likely N-dealkylation sites (N-methyl/N-ethyl adjacent to an activating group) is 1. The monoisotopic (exact) mass is 230 g/mol. The van der Waals surface area contributed by atoms with E-state index in [1.165, 1.54) is 7.05 Å². The van der Waals surface area contributed by atoms with Crippen LogP contribution in [0, 0.1) is 0 Å². The fraction of sp³-hybridized carbons (Fsp3) is 0.800. The molecule has 1 aliphatic heterocycles. The molecule has 1 heterocycles. The maximum atomic E-state index is 11.7. The summed E-state index contributed by atoms with van der Waals surface area (Å²) in [7, 11) is 1.44. The first-order valence-electron chi connectivity index (χ1n) is 5.38. The maximum Gasteiger partial charge on any atom is 0.254 e. The summed E-state index contributed by atoms with van der Waals surface area (Å²) in [4.78, 5) is 25.9. The molecule has 2 amide bonds. The molecule has 0 saturated carbocycles. The Labute approximate surface area is 94.4 Å². The Morgan fingerprint density at radius 2 is 1.94 bits per heavy atom. The van der Waals surface area contributed by atoms with Gasteiger partial charge in [0.2, 0.25) is 5.91 Å². The number of aliphatic hydroxyl groups excluding tert-OH is 2. The number of rotatable bonds is 4. The highest BCUT2D eigenvalue weighted by Gasteiger charge is 2.24. The third kappa shape index (κ3) is 3.18. The van der Waals surface area contributed by atoms with Gasteiger partial charge in [0.05, 0.1) is 13.2 Å². The summed E-state index contributed by atoms with van der Waals surface area (Å²) in [5, 5.41) is 17.7. The SMILES string of the molecule is CN(CC(=O)N1CCCC1)C(=O)C(O)CO. The molecule has 1 saturated heterocycles. The molecule has 0 aromatic carbocycles. The quantitative estimate of drug-likeness (QED) is 0.611. The minimum atomic E-state index is -1.43. The van der Waals surface area contributed by atoms with Gasteiger partial charge in [-0.1, -0.05) is 0 Å². The summed E-state index contributed by atoms with van der Waals surface area (Å²) in [5.74, 6) is -0.742. The van der Waals surface area contributed by atoms with E-state index in [2.05, 4.69) is 0 Å². The lowest BCUT2D eigenvalue weighted by atomic mass is 10.3. The second-order valence-electron chi connectivity index (χ2n) is 3.98. The molecule has 0 bridgehead atoms. The molecular formula is C10H18N2O4. The van der Waals surface area contributed by atoms with Crippen LogP contribution in [0.5, 0.6) is 0 Å². The van der Waals surface area contributed by atoms with Crippen LogP contribution in [-0.4, -0.2) is 71.2 Å². The van der Waals surface area contributed by atoms with Crippen molar-refractivity contribution in [2.75, 3.05) is 33.3 Å². The fourth-order valence-corrected chi connectivity index (χ4v) is 1.68. The van der Waals surface area contributed by atoms with Crippen LogP contribution < -0.4 is 0 Å². The second kappa shape index (κ2) is 5.81. The molecule has 92 valence electrons. The van der Waals surface area contributed by atoms with Gasteiger partial charge in [0.15, 0.2) is 6.10 Å². The van der Waals surface area contributed by atoms with Crippen LogP contribution in [0.25, 0.3) is 0 Å². The molecule has 1 atom stereocenters. The van der Waals surface area contributed by atoms with Crippen molar-refractivity contribution >= 4 is 11.8 Å². The number of aliphatic hydroxyl groups is 2. The molecule has 0 spiro atoms. The van der Waals surface area contributed by atoms with Crippen LogP contribution in [0.2, 0.25) is 0 Å². The third-order valence-electron chi connectivity index (χ3n) is 2.67. The summed E-state index contributed by atoms with van der Waals surface area (Å²) in [6.07, 6.45) is 0.571. The smallest absolute Gasteiger partial charge is 0.254 e. The highest BCUT2D eigenvalue weighted by atomic mass is 16.3. The Morgan fingerprint density at radius 1 is 1.38 bits per heavy atom. The Bertz CT molecular complexity index is 264. The lowest BCUT2D eigenvalue weighted by Gasteiger charge is -2.22. The summed E-state index contributed by atoms with van der Waals surface area (Å²) in [6.45, 7) is 0.809. The number of carbonyl (C=O) groups is 2. The summed E-state index contributed by atoms with van der Waals surface area (Å²) in [5.41, 5.74) is 0. The number of amides is 2. The number of hydrogen-bond acceptors (Lipinski definition) is 4. The molecule has 1 rings (SSSR count). The van der Waals surface area contributed by atoms with Crippen LogP contribution in [0.15, 0.2) is 0 Å². The molecule has 0 aromatic heterocycles. The van der Waals surface area contributed by atoms with Gasteiger partial charge in [0.25, 0.3) is 5.91 Å². The molecule has 2 N–H and O–H groups in total. The van der Waals surface area contributed by atoms with Gasteiger partial charge in [-0.15, -0.1) is 0 Å². The van der Waals surface area contributed by atoms with Gasteiger partial charge in [-0.25, -0.2) is 0 Å². The molecule has 6 nitrogen and oxygen atoms in total. The fourth-order valence-electron chi connectivity index (χ4n) is 1.68. The van der Waals surface area contributed by atoms with Crippen molar-refractivity contribution in [1.82, 2.24) is 9.80 Å². The Balaban J connectivity index is 2.40. The third-order valence-corrected chi connectivity index (χ3v) is 2.67. The van der Waals surface area contributed by atoms with Crippen molar-refractivity contribution in [2.24, 2.45) is 0 Å². The molecule has 0 radical (unpaired) electrons. The van der Waals surface area contributed by atoms with Crippen molar-refractivity contribution in [3.63, 3.8) is 0 Å². The molecule has 1 aliphatic rings. The first-order chi connectivity index (χ1) is 7.56. The standard InChI is InChI=1S/C10H18N2O4/c1-11(10(16)8(14)7-13)6-9(15)12-4-2-3-5-12/h8,13-14H,2-7H2,1H3. The van der Waals surface area contributed by atoms with Gasteiger partial charge in [-0.05, 0) is 12.8 Å². The average Bonchev–Trinajstić information content (AvgIpc) is 2.80. The van der Waals surface area contributed by atoms with Crippen molar-refractivity contribution < 1.29 is 19.8 Å². The van der Waals surface area contributed by atoms with E-state index in [-0.39, 0.29) is 12.5 Å². The molecular weight excluding hydrogens is 212 g/mol. The van der Waals surface area contributed by atoms with E-state index in [0.29, 0.717) is 0 Å². The molecule has 6 heteroatoms. The topological polar surface area (TPSA) is 81.1 Å². The number of nitrogens with zero attached hydrogens (tertiary/aromatic N) is 2. The lowest BCUT2D eigenvalue weighted by Crippen LogP contribution is -2.44. The molecule has 0 aromatic rings. The normalized spacial score (nSPS) is 17.3. The van der Waals surface area contributed by atoms with Crippen molar-refractivity contribution in [1.29, 1.82) is 0 Å². The van der Waals surface area contributed by atoms with Gasteiger partial charge in [0.1, 0.15) is 0 Å². The summed E-state index contributed by atoms with van der Waals surface area (Å²) < 4.78 is 0. The summed E-state index contributed by atoms with van der Waals surface area (Å²) in [6, 6.07) is 0. The minimum absolute atomic E-state index is 0.0457. The predicted molar refractivity (Wildman–Crippen MR) is 56.5 cm³/mol. The lowest BCUT2D eigenvalue weighted by molar-refractivity contribution is -0.145. The molecule has 0 aliphatic carbocycles. The molecule has 1 fully saturated rings. The predicted octanol–water partition coefficient (Wildman–Crippen LogP) is -1.58. The largest absolute Gasteiger partial charge is 0.393 e. The Kier molecular flexibility index (Phi) is 4.70. The highest BCUT2D eigenvalue weighted by Crippen LogP contribution is 2.07. The molecule has 1 unspecified atom stereocenters. The number of carbonyl (C=O) groups excluding carboxylic acids is 2. The van der Waals surface area contributed by atoms with E-state index in [0.717, 1.165) is 30.8 Å². The van der Waals surface area contributed by atoms with E-state index in [1.807, 2.05) is 0 Å². The Morgan fingerprint density at radius 3 is 2.44 bits per heavy atom.